The number of hydrogen-bond donors (Lipinski definition) is 1. The highest BCUT2D eigenvalue weighted by atomic mass is 16.5. The van der Waals surface area contributed by atoms with E-state index in [4.69, 9.17) is 9.47 Å². The van der Waals surface area contributed by atoms with Gasteiger partial charge >= 0.3 is 0 Å². The SMILES string of the molecule is CCOc1ccc2[nH]c(=O)c(CN(CCCN3CCOCC3)Cc3nnnn3C(C)(C)CC)cc2c1. The molecule has 36 heavy (non-hydrogen) atoms. The summed E-state index contributed by atoms with van der Waals surface area (Å²) >= 11 is 0. The Hall–Kier alpha value is -2.82. The average Bonchev–Trinajstić information content (AvgIpc) is 3.34. The van der Waals surface area contributed by atoms with Crippen LogP contribution in [0.2, 0.25) is 0 Å². The zero-order chi connectivity index (χ0) is 25.5. The number of aromatic nitrogens is 5. The molecule has 1 N–H and O–H groups in total. The predicted molar refractivity (Wildman–Crippen MR) is 139 cm³/mol. The van der Waals surface area contributed by atoms with Gasteiger partial charge in [0.1, 0.15) is 5.75 Å². The van der Waals surface area contributed by atoms with Crippen molar-refractivity contribution >= 4 is 10.9 Å². The summed E-state index contributed by atoms with van der Waals surface area (Å²) in [4.78, 5) is 20.7. The maximum atomic E-state index is 13.0. The van der Waals surface area contributed by atoms with Gasteiger partial charge in [0.2, 0.25) is 0 Å². The van der Waals surface area contributed by atoms with E-state index in [2.05, 4.69) is 51.1 Å². The zero-order valence-electron chi connectivity index (χ0n) is 22.0. The first-order chi connectivity index (χ1) is 17.4. The molecule has 1 saturated heterocycles. The number of rotatable bonds is 12. The average molecular weight is 498 g/mol. The standard InChI is InChI=1S/C26H39N7O3/c1-5-26(3,4)33-24(28-29-30-33)19-32(11-7-10-31-12-14-35-15-13-31)18-21-16-20-17-22(36-6-2)8-9-23(20)27-25(21)34/h8-9,16-17H,5-7,10-15,18-19H2,1-4H3,(H,27,34). The van der Waals surface area contributed by atoms with Gasteiger partial charge in [-0.1, -0.05) is 6.92 Å². The fraction of sp³-hybridized carbons (Fsp3) is 0.615. The van der Waals surface area contributed by atoms with Crippen molar-refractivity contribution in [3.05, 3.63) is 46.0 Å². The van der Waals surface area contributed by atoms with Gasteiger partial charge in [-0.2, -0.15) is 0 Å². The third-order valence-corrected chi connectivity index (χ3v) is 6.99. The molecule has 0 atom stereocenters. The van der Waals surface area contributed by atoms with Crippen molar-refractivity contribution in [3.8, 4) is 5.75 Å². The second-order valence-corrected chi connectivity index (χ2v) is 10.00. The summed E-state index contributed by atoms with van der Waals surface area (Å²) in [6.07, 6.45) is 1.90. The van der Waals surface area contributed by atoms with Crippen molar-refractivity contribution in [3.63, 3.8) is 0 Å². The van der Waals surface area contributed by atoms with Gasteiger partial charge in [0, 0.05) is 42.6 Å². The molecule has 2 aromatic heterocycles. The summed E-state index contributed by atoms with van der Waals surface area (Å²) in [5.74, 6) is 1.61. The summed E-state index contributed by atoms with van der Waals surface area (Å²) in [6, 6.07) is 7.73. The maximum absolute atomic E-state index is 13.0. The van der Waals surface area contributed by atoms with Crippen LogP contribution in [-0.4, -0.2) is 81.0 Å². The van der Waals surface area contributed by atoms with Crippen LogP contribution in [0.4, 0.5) is 0 Å². The number of aromatic amines is 1. The van der Waals surface area contributed by atoms with E-state index in [0.717, 1.165) is 80.3 Å². The number of H-pyrrole nitrogens is 1. The van der Waals surface area contributed by atoms with E-state index in [1.807, 2.05) is 35.9 Å². The van der Waals surface area contributed by atoms with Crippen molar-refractivity contribution in [2.75, 3.05) is 46.0 Å². The summed E-state index contributed by atoms with van der Waals surface area (Å²) in [5.41, 5.74) is 1.27. The molecule has 0 saturated carbocycles. The Morgan fingerprint density at radius 2 is 1.97 bits per heavy atom. The minimum absolute atomic E-state index is 0.0710. The lowest BCUT2D eigenvalue weighted by Gasteiger charge is -2.29. The molecular weight excluding hydrogens is 458 g/mol. The molecule has 1 aliphatic rings. The van der Waals surface area contributed by atoms with E-state index in [-0.39, 0.29) is 11.1 Å². The zero-order valence-corrected chi connectivity index (χ0v) is 22.0. The number of nitrogens with zero attached hydrogens (tertiary/aromatic N) is 6. The van der Waals surface area contributed by atoms with Crippen LogP contribution in [0.3, 0.4) is 0 Å². The van der Waals surface area contributed by atoms with Crippen molar-refractivity contribution in [2.45, 2.75) is 59.2 Å². The molecule has 0 unspecified atom stereocenters. The minimum atomic E-state index is -0.186. The van der Waals surface area contributed by atoms with Crippen LogP contribution in [0.25, 0.3) is 10.9 Å². The maximum Gasteiger partial charge on any atom is 0.252 e. The Morgan fingerprint density at radius 3 is 2.72 bits per heavy atom. The lowest BCUT2D eigenvalue weighted by atomic mass is 10.0. The lowest BCUT2D eigenvalue weighted by Crippen LogP contribution is -2.38. The highest BCUT2D eigenvalue weighted by Gasteiger charge is 2.25. The van der Waals surface area contributed by atoms with Crippen LogP contribution in [0.15, 0.2) is 29.1 Å². The summed E-state index contributed by atoms with van der Waals surface area (Å²) in [5, 5.41) is 13.6. The van der Waals surface area contributed by atoms with Gasteiger partial charge in [-0.15, -0.1) is 5.10 Å². The number of pyridine rings is 1. The molecule has 196 valence electrons. The van der Waals surface area contributed by atoms with Crippen LogP contribution < -0.4 is 10.3 Å². The van der Waals surface area contributed by atoms with E-state index >= 15 is 0 Å². The summed E-state index contributed by atoms with van der Waals surface area (Å²) in [7, 11) is 0. The largest absolute Gasteiger partial charge is 0.494 e. The van der Waals surface area contributed by atoms with Crippen LogP contribution >= 0.6 is 0 Å². The Kier molecular flexibility index (Phi) is 8.71. The number of ether oxygens (including phenoxy) is 2. The van der Waals surface area contributed by atoms with E-state index in [9.17, 15) is 4.79 Å². The first-order valence-corrected chi connectivity index (χ1v) is 13.0. The van der Waals surface area contributed by atoms with Gasteiger partial charge in [0.15, 0.2) is 5.82 Å². The first kappa shape index (κ1) is 26.2. The fourth-order valence-electron chi connectivity index (χ4n) is 4.53. The molecule has 0 bridgehead atoms. The van der Waals surface area contributed by atoms with Gasteiger partial charge in [-0.25, -0.2) is 4.68 Å². The molecule has 1 fully saturated rings. The Bertz CT molecular complexity index is 1180. The van der Waals surface area contributed by atoms with Gasteiger partial charge in [0.05, 0.1) is 31.9 Å². The van der Waals surface area contributed by atoms with Gasteiger partial charge < -0.3 is 14.5 Å². The van der Waals surface area contributed by atoms with Crippen LogP contribution in [-0.2, 0) is 23.4 Å². The molecule has 10 heteroatoms. The van der Waals surface area contributed by atoms with Gasteiger partial charge in [-0.3, -0.25) is 14.6 Å². The monoisotopic (exact) mass is 497 g/mol. The van der Waals surface area contributed by atoms with Crippen molar-refractivity contribution in [2.24, 2.45) is 0 Å². The number of nitrogens with one attached hydrogen (secondary N) is 1. The summed E-state index contributed by atoms with van der Waals surface area (Å²) in [6.45, 7) is 15.4. The molecule has 3 aromatic rings. The Labute approximate surface area is 212 Å². The molecule has 0 aliphatic carbocycles. The Balaban J connectivity index is 1.56. The minimum Gasteiger partial charge on any atom is -0.494 e. The van der Waals surface area contributed by atoms with Gasteiger partial charge in [0.25, 0.3) is 5.56 Å². The molecule has 1 aromatic carbocycles. The highest BCUT2D eigenvalue weighted by Crippen LogP contribution is 2.22. The molecule has 4 rings (SSSR count). The third-order valence-electron chi connectivity index (χ3n) is 6.99. The molecule has 0 spiro atoms. The van der Waals surface area contributed by atoms with E-state index in [1.165, 1.54) is 0 Å². The normalized spacial score (nSPS) is 15.1. The van der Waals surface area contributed by atoms with Crippen molar-refractivity contribution in [1.29, 1.82) is 0 Å². The van der Waals surface area contributed by atoms with E-state index < -0.39 is 0 Å². The Morgan fingerprint density at radius 1 is 1.17 bits per heavy atom. The third kappa shape index (κ3) is 6.48. The van der Waals surface area contributed by atoms with E-state index in [1.54, 1.807) is 0 Å². The fourth-order valence-corrected chi connectivity index (χ4v) is 4.53. The predicted octanol–water partition coefficient (Wildman–Crippen LogP) is 2.78. The van der Waals surface area contributed by atoms with Crippen LogP contribution in [0, 0.1) is 0 Å². The number of hydrogen-bond acceptors (Lipinski definition) is 8. The summed E-state index contributed by atoms with van der Waals surface area (Å²) < 4.78 is 13.1. The molecule has 10 nitrogen and oxygen atoms in total. The number of fused-ring (bicyclic) bond motifs is 1. The smallest absolute Gasteiger partial charge is 0.252 e. The second-order valence-electron chi connectivity index (χ2n) is 10.00. The topological polar surface area (TPSA) is 101 Å². The number of benzene rings is 1. The van der Waals surface area contributed by atoms with Crippen LogP contribution in [0.1, 0.15) is 51.9 Å². The molecule has 0 radical (unpaired) electrons. The number of tetrazole rings is 1. The van der Waals surface area contributed by atoms with Gasteiger partial charge in [-0.05, 0) is 74.8 Å². The molecule has 3 heterocycles. The molecule has 0 amide bonds. The van der Waals surface area contributed by atoms with Crippen LogP contribution in [0.5, 0.6) is 5.75 Å². The lowest BCUT2D eigenvalue weighted by molar-refractivity contribution is 0.0358. The quantitative estimate of drug-likeness (QED) is 0.408. The number of morpholine rings is 1. The first-order valence-electron chi connectivity index (χ1n) is 13.0. The second kappa shape index (κ2) is 11.9. The van der Waals surface area contributed by atoms with Crippen molar-refractivity contribution < 1.29 is 9.47 Å². The molecule has 1 aliphatic heterocycles. The van der Waals surface area contributed by atoms with E-state index in [0.29, 0.717) is 19.7 Å². The van der Waals surface area contributed by atoms with Crippen molar-refractivity contribution in [1.82, 2.24) is 35.0 Å². The molecular formula is C26H39N7O3. The highest BCUT2D eigenvalue weighted by molar-refractivity contribution is 5.80.